The van der Waals surface area contributed by atoms with Crippen LogP contribution < -0.4 is 0 Å². The zero-order chi connectivity index (χ0) is 10.3. The normalized spacial score (nSPS) is 10.7. The van der Waals surface area contributed by atoms with E-state index >= 15 is 0 Å². The fraction of sp³-hybridized carbons (Fsp3) is 0.125. The lowest BCUT2D eigenvalue weighted by Gasteiger charge is -1.94. The lowest BCUT2D eigenvalue weighted by atomic mass is 10.3. The van der Waals surface area contributed by atoms with E-state index in [1.54, 1.807) is 6.07 Å². The molecule has 2 rings (SSSR count). The molecular weight excluding hydrogens is 206 g/mol. The second kappa shape index (κ2) is 2.95. The zero-order valence-corrected chi connectivity index (χ0v) is 8.00. The molecule has 0 radical (unpaired) electrons. The molecule has 6 heteroatoms. The number of halogens is 1. The smallest absolute Gasteiger partial charge is 0.306 e. The third-order valence-electron chi connectivity index (χ3n) is 1.91. The molecule has 0 atom stereocenters. The van der Waals surface area contributed by atoms with Crippen LogP contribution in [0.25, 0.3) is 11.0 Å². The second-order valence-corrected chi connectivity index (χ2v) is 3.31. The molecule has 1 N–H and O–H groups in total. The van der Waals surface area contributed by atoms with Gasteiger partial charge in [-0.25, -0.2) is 4.98 Å². The van der Waals surface area contributed by atoms with Gasteiger partial charge in [0.15, 0.2) is 0 Å². The molecule has 5 nitrogen and oxygen atoms in total. The van der Waals surface area contributed by atoms with E-state index in [0.717, 1.165) is 11.9 Å². The molecule has 0 saturated carbocycles. The Morgan fingerprint density at radius 1 is 1.64 bits per heavy atom. The molecule has 72 valence electrons. The van der Waals surface area contributed by atoms with Crippen LogP contribution in [-0.2, 0) is 0 Å². The summed E-state index contributed by atoms with van der Waals surface area (Å²) in [5.41, 5.74) is 1.27. The van der Waals surface area contributed by atoms with Gasteiger partial charge in [-0.3, -0.25) is 10.1 Å². The Balaban J connectivity index is 2.80. The molecule has 14 heavy (non-hydrogen) atoms. The minimum atomic E-state index is -0.545. The Bertz CT molecular complexity index is 521. The van der Waals surface area contributed by atoms with E-state index in [4.69, 9.17) is 11.6 Å². The highest BCUT2D eigenvalue weighted by atomic mass is 35.5. The molecule has 0 unspecified atom stereocenters. The van der Waals surface area contributed by atoms with Crippen LogP contribution in [-0.4, -0.2) is 14.9 Å². The van der Waals surface area contributed by atoms with Crippen molar-refractivity contribution >= 4 is 28.3 Å². The third-order valence-corrected chi connectivity index (χ3v) is 2.30. The first kappa shape index (κ1) is 8.96. The Morgan fingerprint density at radius 2 is 2.36 bits per heavy atom. The van der Waals surface area contributed by atoms with Crippen LogP contribution in [0.5, 0.6) is 0 Å². The van der Waals surface area contributed by atoms with Crippen LogP contribution in [0.4, 0.5) is 5.69 Å². The minimum absolute atomic E-state index is 0.129. The topological polar surface area (TPSA) is 71.8 Å². The van der Waals surface area contributed by atoms with Crippen LogP contribution in [0.2, 0.25) is 5.02 Å². The molecule has 0 aliphatic rings. The minimum Gasteiger partial charge on any atom is -0.344 e. The summed E-state index contributed by atoms with van der Waals surface area (Å²) in [6.07, 6.45) is 1.15. The number of nitro groups is 1. The van der Waals surface area contributed by atoms with Gasteiger partial charge in [-0.2, -0.15) is 0 Å². The quantitative estimate of drug-likeness (QED) is 0.582. The average Bonchev–Trinajstić information content (AvgIpc) is 2.46. The number of hydrogen-bond donors (Lipinski definition) is 1. The maximum absolute atomic E-state index is 10.5. The van der Waals surface area contributed by atoms with E-state index in [1.807, 2.05) is 6.92 Å². The van der Waals surface area contributed by atoms with Crippen LogP contribution in [0.1, 0.15) is 5.69 Å². The number of nitrogens with one attached hydrogen (secondary N) is 1. The van der Waals surface area contributed by atoms with E-state index < -0.39 is 4.92 Å². The van der Waals surface area contributed by atoms with E-state index in [2.05, 4.69) is 9.97 Å². The van der Waals surface area contributed by atoms with E-state index in [1.165, 1.54) is 0 Å². The highest BCUT2D eigenvalue weighted by molar-refractivity contribution is 6.37. The standard InChI is InChI=1S/C8H6ClN3O2/c1-4-2-5-7(9)6(12(13)14)3-10-8(5)11-4/h2-3H,1H3,(H,10,11). The molecule has 0 saturated heterocycles. The number of pyridine rings is 1. The first-order chi connectivity index (χ1) is 6.59. The van der Waals surface area contributed by atoms with Gasteiger partial charge in [0.05, 0.1) is 4.92 Å². The van der Waals surface area contributed by atoms with E-state index in [9.17, 15) is 10.1 Å². The van der Waals surface area contributed by atoms with Crippen LogP contribution in [0.15, 0.2) is 12.3 Å². The number of aromatic nitrogens is 2. The summed E-state index contributed by atoms with van der Waals surface area (Å²) in [6, 6.07) is 1.73. The predicted molar refractivity (Wildman–Crippen MR) is 52.5 cm³/mol. The summed E-state index contributed by atoms with van der Waals surface area (Å²) in [7, 11) is 0. The molecular formula is C8H6ClN3O2. The molecule has 0 fully saturated rings. The highest BCUT2D eigenvalue weighted by Gasteiger charge is 2.16. The summed E-state index contributed by atoms with van der Waals surface area (Å²) in [5, 5.41) is 11.3. The number of aromatic amines is 1. The van der Waals surface area contributed by atoms with Gasteiger partial charge in [0.1, 0.15) is 16.9 Å². The summed E-state index contributed by atoms with van der Waals surface area (Å²) < 4.78 is 0. The largest absolute Gasteiger partial charge is 0.344 e. The second-order valence-electron chi connectivity index (χ2n) is 2.93. The Hall–Kier alpha value is -1.62. The van der Waals surface area contributed by atoms with Crippen molar-refractivity contribution in [2.24, 2.45) is 0 Å². The van der Waals surface area contributed by atoms with Gasteiger partial charge >= 0.3 is 5.69 Å². The van der Waals surface area contributed by atoms with Gasteiger partial charge in [0.2, 0.25) is 0 Å². The highest BCUT2D eigenvalue weighted by Crippen LogP contribution is 2.30. The number of nitrogens with zero attached hydrogens (tertiary/aromatic N) is 2. The first-order valence-electron chi connectivity index (χ1n) is 3.88. The maximum Gasteiger partial charge on any atom is 0.306 e. The molecule has 2 heterocycles. The predicted octanol–water partition coefficient (Wildman–Crippen LogP) is 2.43. The number of fused-ring (bicyclic) bond motifs is 1. The van der Waals surface area contributed by atoms with Crippen LogP contribution in [0, 0.1) is 17.0 Å². The van der Waals surface area contributed by atoms with Crippen molar-refractivity contribution in [3.8, 4) is 0 Å². The fourth-order valence-corrected chi connectivity index (χ4v) is 1.55. The summed E-state index contributed by atoms with van der Waals surface area (Å²) in [4.78, 5) is 16.8. The summed E-state index contributed by atoms with van der Waals surface area (Å²) in [6.45, 7) is 1.84. The van der Waals surface area contributed by atoms with E-state index in [0.29, 0.717) is 11.0 Å². The lowest BCUT2D eigenvalue weighted by Crippen LogP contribution is -1.90. The third kappa shape index (κ3) is 1.22. The van der Waals surface area contributed by atoms with Crippen molar-refractivity contribution in [2.75, 3.05) is 0 Å². The Labute approximate surface area is 83.9 Å². The molecule has 2 aromatic heterocycles. The van der Waals surface area contributed by atoms with E-state index in [-0.39, 0.29) is 10.7 Å². The van der Waals surface area contributed by atoms with Gasteiger partial charge in [0.25, 0.3) is 0 Å². The zero-order valence-electron chi connectivity index (χ0n) is 7.24. The van der Waals surface area contributed by atoms with Crippen LogP contribution >= 0.6 is 11.6 Å². The Kier molecular flexibility index (Phi) is 1.89. The van der Waals surface area contributed by atoms with Gasteiger partial charge in [-0.15, -0.1) is 0 Å². The summed E-state index contributed by atoms with van der Waals surface area (Å²) >= 11 is 5.85. The first-order valence-corrected chi connectivity index (χ1v) is 4.25. The molecule has 0 aliphatic heterocycles. The monoisotopic (exact) mass is 211 g/mol. The molecule has 2 aromatic rings. The SMILES string of the molecule is Cc1cc2c(Cl)c([N+](=O)[O-])cnc2[nH]1. The average molecular weight is 212 g/mol. The molecule has 0 aliphatic carbocycles. The van der Waals surface area contributed by atoms with Gasteiger partial charge in [-0.1, -0.05) is 11.6 Å². The number of aryl methyl sites for hydroxylation is 1. The van der Waals surface area contributed by atoms with Gasteiger partial charge < -0.3 is 4.98 Å². The number of rotatable bonds is 1. The number of H-pyrrole nitrogens is 1. The van der Waals surface area contributed by atoms with Crippen molar-refractivity contribution in [1.82, 2.24) is 9.97 Å². The Morgan fingerprint density at radius 3 is 3.00 bits per heavy atom. The van der Waals surface area contributed by atoms with Crippen molar-refractivity contribution in [1.29, 1.82) is 0 Å². The molecule has 0 amide bonds. The maximum atomic E-state index is 10.5. The fourth-order valence-electron chi connectivity index (χ4n) is 1.29. The van der Waals surface area contributed by atoms with Crippen LogP contribution in [0.3, 0.4) is 0 Å². The lowest BCUT2D eigenvalue weighted by molar-refractivity contribution is -0.384. The van der Waals surface area contributed by atoms with Crippen molar-refractivity contribution in [2.45, 2.75) is 6.92 Å². The number of hydrogen-bond acceptors (Lipinski definition) is 3. The van der Waals surface area contributed by atoms with Crippen molar-refractivity contribution < 1.29 is 4.92 Å². The van der Waals surface area contributed by atoms with Gasteiger partial charge in [-0.05, 0) is 13.0 Å². The van der Waals surface area contributed by atoms with Crippen molar-refractivity contribution in [3.63, 3.8) is 0 Å². The van der Waals surface area contributed by atoms with Gasteiger partial charge in [0, 0.05) is 11.1 Å². The molecule has 0 aromatic carbocycles. The molecule has 0 spiro atoms. The molecule has 0 bridgehead atoms. The summed E-state index contributed by atoms with van der Waals surface area (Å²) in [5.74, 6) is 0. The van der Waals surface area contributed by atoms with Crippen molar-refractivity contribution in [3.05, 3.63) is 33.1 Å².